The summed E-state index contributed by atoms with van der Waals surface area (Å²) < 4.78 is 38.7. The van der Waals surface area contributed by atoms with Gasteiger partial charge in [-0.05, 0) is 37.8 Å². The number of alkyl halides is 3. The van der Waals surface area contributed by atoms with E-state index in [1.54, 1.807) is 14.0 Å². The summed E-state index contributed by atoms with van der Waals surface area (Å²) >= 11 is 1.06. The topological polar surface area (TPSA) is 58.1 Å². The van der Waals surface area contributed by atoms with Crippen molar-refractivity contribution in [3.05, 3.63) is 24.3 Å². The highest BCUT2D eigenvalue weighted by atomic mass is 32.2. The molecular formula is C18H21F3N4OS. The average molecular weight is 398 g/mol. The summed E-state index contributed by atoms with van der Waals surface area (Å²) in [6, 6.07) is 7.01. The molecule has 1 saturated carbocycles. The number of nitrogens with zero attached hydrogens (tertiary/aromatic N) is 3. The fraction of sp³-hybridized carbons (Fsp3) is 0.500. The second kappa shape index (κ2) is 7.92. The van der Waals surface area contributed by atoms with Crippen molar-refractivity contribution >= 4 is 34.4 Å². The van der Waals surface area contributed by atoms with Crippen LogP contribution in [-0.4, -0.2) is 52.3 Å². The van der Waals surface area contributed by atoms with Crippen LogP contribution in [0.15, 0.2) is 29.4 Å². The van der Waals surface area contributed by atoms with E-state index in [1.807, 2.05) is 24.3 Å². The summed E-state index contributed by atoms with van der Waals surface area (Å²) in [6.45, 7) is 0.474. The molecule has 0 bridgehead atoms. The molecule has 1 atom stereocenters. The van der Waals surface area contributed by atoms with E-state index in [0.717, 1.165) is 34.9 Å². The Morgan fingerprint density at radius 3 is 2.67 bits per heavy atom. The van der Waals surface area contributed by atoms with E-state index < -0.39 is 24.7 Å². The first-order chi connectivity index (χ1) is 12.8. The minimum Gasteiger partial charge on any atom is -0.372 e. The van der Waals surface area contributed by atoms with E-state index in [1.165, 1.54) is 0 Å². The lowest BCUT2D eigenvalue weighted by Gasteiger charge is -2.30. The quantitative estimate of drug-likeness (QED) is 0.565. The maximum absolute atomic E-state index is 12.9. The largest absolute Gasteiger partial charge is 0.406 e. The Balaban J connectivity index is 1.73. The van der Waals surface area contributed by atoms with Gasteiger partial charge in [0.1, 0.15) is 12.4 Å². The zero-order valence-corrected chi connectivity index (χ0v) is 15.9. The number of thioether (sulfide) groups is 1. The highest BCUT2D eigenvalue weighted by molar-refractivity contribution is 7.99. The molecule has 2 aromatic rings. The second-order valence-corrected chi connectivity index (χ2v) is 7.57. The van der Waals surface area contributed by atoms with Gasteiger partial charge in [0.15, 0.2) is 5.16 Å². The summed E-state index contributed by atoms with van der Waals surface area (Å²) in [6.07, 6.45) is -2.67. The summed E-state index contributed by atoms with van der Waals surface area (Å²) in [4.78, 5) is 22.2. The number of carbonyl (C=O) groups excluding carboxylic acids is 1. The van der Waals surface area contributed by atoms with Gasteiger partial charge < -0.3 is 10.2 Å². The predicted molar refractivity (Wildman–Crippen MR) is 99.8 cm³/mol. The molecule has 9 heteroatoms. The number of hydrogen-bond acceptors (Lipinski definition) is 5. The molecule has 0 unspecified atom stereocenters. The van der Waals surface area contributed by atoms with Gasteiger partial charge in [-0.2, -0.15) is 13.2 Å². The molecule has 1 aliphatic rings. The fourth-order valence-corrected chi connectivity index (χ4v) is 3.74. The van der Waals surface area contributed by atoms with Crippen molar-refractivity contribution in [2.45, 2.75) is 37.1 Å². The number of halogens is 3. The van der Waals surface area contributed by atoms with Gasteiger partial charge in [-0.25, -0.2) is 9.97 Å². The Morgan fingerprint density at radius 2 is 2.04 bits per heavy atom. The summed E-state index contributed by atoms with van der Waals surface area (Å²) in [7, 11) is 1.73. The van der Waals surface area contributed by atoms with E-state index in [-0.39, 0.29) is 11.7 Å². The van der Waals surface area contributed by atoms with Crippen molar-refractivity contribution in [2.24, 2.45) is 5.92 Å². The van der Waals surface area contributed by atoms with Crippen molar-refractivity contribution in [3.63, 3.8) is 0 Å². The maximum atomic E-state index is 12.9. The normalized spacial score (nSPS) is 15.6. The molecule has 1 aliphatic carbocycles. The Hall–Kier alpha value is -2.03. The minimum absolute atomic E-state index is 0.130. The van der Waals surface area contributed by atoms with Crippen LogP contribution in [0.25, 0.3) is 10.9 Å². The third-order valence-electron chi connectivity index (χ3n) is 4.61. The van der Waals surface area contributed by atoms with Crippen molar-refractivity contribution in [1.82, 2.24) is 14.9 Å². The van der Waals surface area contributed by atoms with Crippen molar-refractivity contribution in [3.8, 4) is 0 Å². The molecule has 1 aromatic heterocycles. The number of aromatic nitrogens is 2. The van der Waals surface area contributed by atoms with Gasteiger partial charge in [0.05, 0.1) is 11.3 Å². The van der Waals surface area contributed by atoms with E-state index in [9.17, 15) is 18.0 Å². The standard InChI is InChI=1S/C18H21F3N4OS/c1-11(12-7-8-12)25(10-18(19,20)21)15(26)9-27-17-23-14-6-4-3-5-13(14)16(22-2)24-17/h3-6,11-12H,7-10H2,1-2H3,(H,22,23,24)/t11-/m0/s1. The van der Waals surface area contributed by atoms with E-state index in [0.29, 0.717) is 16.5 Å². The molecule has 1 N–H and O–H groups in total. The molecule has 1 heterocycles. The van der Waals surface area contributed by atoms with E-state index in [2.05, 4.69) is 15.3 Å². The number of rotatable bonds is 7. The van der Waals surface area contributed by atoms with Crippen molar-refractivity contribution in [1.29, 1.82) is 0 Å². The Bertz CT molecular complexity index is 826. The molecule has 0 spiro atoms. The number of fused-ring (bicyclic) bond motifs is 1. The fourth-order valence-electron chi connectivity index (χ4n) is 3.01. The first-order valence-electron chi connectivity index (χ1n) is 8.72. The first kappa shape index (κ1) is 19.7. The molecular weight excluding hydrogens is 377 g/mol. The molecule has 3 rings (SSSR count). The van der Waals surface area contributed by atoms with Gasteiger partial charge in [-0.15, -0.1) is 0 Å². The van der Waals surface area contributed by atoms with Crippen molar-refractivity contribution in [2.75, 3.05) is 24.7 Å². The zero-order chi connectivity index (χ0) is 19.6. The smallest absolute Gasteiger partial charge is 0.372 e. The predicted octanol–water partition coefficient (Wildman–Crippen LogP) is 3.95. The summed E-state index contributed by atoms with van der Waals surface area (Å²) in [5.41, 5.74) is 0.713. The SMILES string of the molecule is CNc1nc(SCC(=O)N(CC(F)(F)F)[C@@H](C)C2CC2)nc2ccccc12. The molecule has 0 saturated heterocycles. The summed E-state index contributed by atoms with van der Waals surface area (Å²) in [5, 5.41) is 4.19. The van der Waals surface area contributed by atoms with Gasteiger partial charge >= 0.3 is 6.18 Å². The molecule has 1 amide bonds. The second-order valence-electron chi connectivity index (χ2n) is 6.63. The van der Waals surface area contributed by atoms with Crippen LogP contribution in [-0.2, 0) is 4.79 Å². The van der Waals surface area contributed by atoms with Gasteiger partial charge in [0.25, 0.3) is 0 Å². The molecule has 146 valence electrons. The number of carbonyl (C=O) groups is 1. The minimum atomic E-state index is -4.41. The van der Waals surface area contributed by atoms with Crippen LogP contribution >= 0.6 is 11.8 Å². The average Bonchev–Trinajstić information content (AvgIpc) is 3.47. The number of benzene rings is 1. The lowest BCUT2D eigenvalue weighted by molar-refractivity contribution is -0.164. The van der Waals surface area contributed by atoms with Crippen LogP contribution in [0.1, 0.15) is 19.8 Å². The third-order valence-corrected chi connectivity index (χ3v) is 5.44. The van der Waals surface area contributed by atoms with Crippen LogP contribution in [0.3, 0.4) is 0 Å². The van der Waals surface area contributed by atoms with Crippen LogP contribution < -0.4 is 5.32 Å². The summed E-state index contributed by atoms with van der Waals surface area (Å²) in [5.74, 6) is 0.108. The molecule has 0 aliphatic heterocycles. The molecule has 0 radical (unpaired) electrons. The number of anilines is 1. The Labute approximate surface area is 159 Å². The highest BCUT2D eigenvalue weighted by Gasteiger charge is 2.40. The molecule has 1 aromatic carbocycles. The van der Waals surface area contributed by atoms with Gasteiger partial charge in [0, 0.05) is 18.5 Å². The number of hydrogen-bond donors (Lipinski definition) is 1. The highest BCUT2D eigenvalue weighted by Crippen LogP contribution is 2.36. The lowest BCUT2D eigenvalue weighted by atomic mass is 10.2. The third kappa shape index (κ3) is 5.03. The lowest BCUT2D eigenvalue weighted by Crippen LogP contribution is -2.46. The number of amides is 1. The zero-order valence-electron chi connectivity index (χ0n) is 15.1. The van der Waals surface area contributed by atoms with E-state index in [4.69, 9.17) is 0 Å². The molecule has 27 heavy (non-hydrogen) atoms. The molecule has 5 nitrogen and oxygen atoms in total. The Morgan fingerprint density at radius 1 is 1.33 bits per heavy atom. The molecule has 1 fully saturated rings. The van der Waals surface area contributed by atoms with Crippen molar-refractivity contribution < 1.29 is 18.0 Å². The number of para-hydroxylation sites is 1. The Kier molecular flexibility index (Phi) is 5.78. The number of nitrogens with one attached hydrogen (secondary N) is 1. The van der Waals surface area contributed by atoms with Gasteiger partial charge in [0.2, 0.25) is 5.91 Å². The maximum Gasteiger partial charge on any atom is 0.406 e. The van der Waals surface area contributed by atoms with Gasteiger partial charge in [-0.3, -0.25) is 4.79 Å². The van der Waals surface area contributed by atoms with E-state index >= 15 is 0 Å². The van der Waals surface area contributed by atoms with Crippen LogP contribution in [0.4, 0.5) is 19.0 Å². The van der Waals surface area contributed by atoms with Crippen LogP contribution in [0.2, 0.25) is 0 Å². The van der Waals surface area contributed by atoms with Crippen LogP contribution in [0.5, 0.6) is 0 Å². The first-order valence-corrected chi connectivity index (χ1v) is 9.70. The van der Waals surface area contributed by atoms with Crippen LogP contribution in [0, 0.1) is 5.92 Å². The van der Waals surface area contributed by atoms with Gasteiger partial charge in [-0.1, -0.05) is 23.9 Å². The monoisotopic (exact) mass is 398 g/mol.